The van der Waals surface area contributed by atoms with E-state index < -0.39 is 42.3 Å². The fourth-order valence-corrected chi connectivity index (χ4v) is 3.98. The van der Waals surface area contributed by atoms with Crippen LogP contribution in [0.3, 0.4) is 0 Å². The number of hydrogen-bond donors (Lipinski definition) is 3. The van der Waals surface area contributed by atoms with Crippen LogP contribution in [0.4, 0.5) is 4.79 Å². The predicted octanol–water partition coefficient (Wildman–Crippen LogP) is 3.98. The Labute approximate surface area is 213 Å². The van der Waals surface area contributed by atoms with Crippen LogP contribution < -0.4 is 10.6 Å². The van der Waals surface area contributed by atoms with Crippen LogP contribution in [0.15, 0.2) is 60.7 Å². The second kappa shape index (κ2) is 12.4. The van der Waals surface area contributed by atoms with Gasteiger partial charge < -0.3 is 29.8 Å². The maximum absolute atomic E-state index is 13.2. The van der Waals surface area contributed by atoms with E-state index in [0.29, 0.717) is 6.42 Å². The van der Waals surface area contributed by atoms with Gasteiger partial charge in [-0.1, -0.05) is 60.7 Å². The van der Waals surface area contributed by atoms with Gasteiger partial charge in [0.25, 0.3) is 0 Å². The zero-order valence-corrected chi connectivity index (χ0v) is 21.5. The number of rotatable bonds is 12. The molecule has 1 aliphatic rings. The Bertz CT molecular complexity index is 970. The van der Waals surface area contributed by atoms with E-state index in [2.05, 4.69) is 22.8 Å². The van der Waals surface area contributed by atoms with Crippen molar-refractivity contribution in [2.75, 3.05) is 6.61 Å². The monoisotopic (exact) mass is 496 g/mol. The van der Waals surface area contributed by atoms with E-state index in [-0.39, 0.29) is 13.2 Å². The summed E-state index contributed by atoms with van der Waals surface area (Å²) in [4.78, 5) is 24.6. The summed E-state index contributed by atoms with van der Waals surface area (Å²) in [6.45, 7) is 8.00. The molecular formula is C27H37BN2O6. The van der Waals surface area contributed by atoms with Crippen molar-refractivity contribution in [3.8, 4) is 0 Å². The van der Waals surface area contributed by atoms with Crippen molar-refractivity contribution in [3.05, 3.63) is 71.8 Å². The Morgan fingerprint density at radius 3 is 2.03 bits per heavy atom. The van der Waals surface area contributed by atoms with Crippen molar-refractivity contribution < 1.29 is 28.7 Å². The second-order valence-corrected chi connectivity index (χ2v) is 10.1. The van der Waals surface area contributed by atoms with Crippen molar-refractivity contribution in [1.29, 1.82) is 0 Å². The summed E-state index contributed by atoms with van der Waals surface area (Å²) in [6, 6.07) is 18.5. The Hall–Kier alpha value is -2.88. The molecule has 194 valence electrons. The average Bonchev–Trinajstić information content (AvgIpc) is 3.05. The zero-order chi connectivity index (χ0) is 26.2. The number of nitrogens with one attached hydrogen (secondary N) is 2. The topological polar surface area (TPSA) is 106 Å². The van der Waals surface area contributed by atoms with Crippen molar-refractivity contribution in [3.63, 3.8) is 0 Å². The van der Waals surface area contributed by atoms with Crippen LogP contribution in [0.1, 0.15) is 51.7 Å². The molecule has 2 aromatic rings. The van der Waals surface area contributed by atoms with Gasteiger partial charge in [-0.15, -0.1) is 0 Å². The molecular weight excluding hydrogens is 459 g/mol. The standard InChI is InChI=1S/C27H37BN2O6/c1-26(2)27(3,4)36-28(35-26)23(17-11-16-20-12-7-5-8-13-20)30-24(31)22(29-25(32)33)19-34-18-21-14-9-6-10-15-21/h5-10,12-15,22-23,29H,11,16-19H2,1-4H3,(H,30,31)(H,32,33)/t22?,23-/m0/s1. The molecule has 0 saturated carbocycles. The molecule has 2 atom stereocenters. The molecule has 1 unspecified atom stereocenters. The number of benzene rings is 2. The zero-order valence-electron chi connectivity index (χ0n) is 21.5. The SMILES string of the molecule is CC1(C)OB([C@H](CCCc2ccccc2)NC(=O)C(COCc2ccccc2)NC(=O)O)OC1(C)C. The Morgan fingerprint density at radius 2 is 1.47 bits per heavy atom. The number of carbonyl (C=O) groups is 2. The van der Waals surface area contributed by atoms with Gasteiger partial charge in [-0.25, -0.2) is 4.79 Å². The van der Waals surface area contributed by atoms with Crippen molar-refractivity contribution in [2.45, 2.75) is 76.7 Å². The lowest BCUT2D eigenvalue weighted by Crippen LogP contribution is -2.55. The highest BCUT2D eigenvalue weighted by Crippen LogP contribution is 2.38. The highest BCUT2D eigenvalue weighted by atomic mass is 16.7. The third-order valence-corrected chi connectivity index (χ3v) is 6.76. The van der Waals surface area contributed by atoms with Gasteiger partial charge in [0.2, 0.25) is 5.91 Å². The summed E-state index contributed by atoms with van der Waals surface area (Å²) >= 11 is 0. The molecule has 3 N–H and O–H groups in total. The van der Waals surface area contributed by atoms with Gasteiger partial charge in [-0.3, -0.25) is 4.79 Å². The first-order chi connectivity index (χ1) is 17.1. The first-order valence-corrected chi connectivity index (χ1v) is 12.4. The van der Waals surface area contributed by atoms with E-state index in [1.807, 2.05) is 76.2 Å². The summed E-state index contributed by atoms with van der Waals surface area (Å²) in [6.07, 6.45) is 0.932. The molecule has 9 heteroatoms. The molecule has 2 amide bonds. The number of aryl methyl sites for hydroxylation is 1. The lowest BCUT2D eigenvalue weighted by Gasteiger charge is -2.32. The number of carboxylic acid groups (broad SMARTS) is 1. The fourth-order valence-electron chi connectivity index (χ4n) is 3.98. The third kappa shape index (κ3) is 7.81. The van der Waals surface area contributed by atoms with E-state index in [4.69, 9.17) is 14.0 Å². The molecule has 1 aliphatic heterocycles. The van der Waals surface area contributed by atoms with Gasteiger partial charge in [-0.05, 0) is 58.1 Å². The van der Waals surface area contributed by atoms with Gasteiger partial charge in [0.15, 0.2) is 0 Å². The van der Waals surface area contributed by atoms with Gasteiger partial charge in [-0.2, -0.15) is 0 Å². The first-order valence-electron chi connectivity index (χ1n) is 12.4. The van der Waals surface area contributed by atoms with E-state index in [1.54, 1.807) is 0 Å². The highest BCUT2D eigenvalue weighted by Gasteiger charge is 2.54. The molecule has 0 spiro atoms. The van der Waals surface area contributed by atoms with Gasteiger partial charge in [0.05, 0.1) is 30.4 Å². The largest absolute Gasteiger partial charge is 0.481 e. The smallest absolute Gasteiger partial charge is 0.465 e. The molecule has 1 saturated heterocycles. The molecule has 0 bridgehead atoms. The van der Waals surface area contributed by atoms with Crippen LogP contribution in [0, 0.1) is 0 Å². The molecule has 0 aromatic heterocycles. The van der Waals surface area contributed by atoms with Crippen LogP contribution >= 0.6 is 0 Å². The fraction of sp³-hybridized carbons (Fsp3) is 0.481. The van der Waals surface area contributed by atoms with Gasteiger partial charge >= 0.3 is 13.2 Å². The molecule has 2 aromatic carbocycles. The molecule has 8 nitrogen and oxygen atoms in total. The molecule has 36 heavy (non-hydrogen) atoms. The van der Waals surface area contributed by atoms with Crippen molar-refractivity contribution >= 4 is 19.1 Å². The van der Waals surface area contributed by atoms with E-state index in [9.17, 15) is 14.7 Å². The number of amides is 2. The van der Waals surface area contributed by atoms with E-state index in [0.717, 1.165) is 18.4 Å². The average molecular weight is 496 g/mol. The second-order valence-electron chi connectivity index (χ2n) is 10.1. The summed E-state index contributed by atoms with van der Waals surface area (Å²) < 4.78 is 18.1. The van der Waals surface area contributed by atoms with Gasteiger partial charge in [0.1, 0.15) is 6.04 Å². The Balaban J connectivity index is 1.66. The Morgan fingerprint density at radius 1 is 0.917 bits per heavy atom. The van der Waals surface area contributed by atoms with E-state index in [1.165, 1.54) is 5.56 Å². The van der Waals surface area contributed by atoms with Crippen LogP contribution in [-0.4, -0.2) is 54.0 Å². The number of hydrogen-bond acceptors (Lipinski definition) is 5. The number of ether oxygens (including phenoxy) is 1. The number of carbonyl (C=O) groups excluding carboxylic acids is 1. The minimum atomic E-state index is -1.30. The van der Waals surface area contributed by atoms with Gasteiger partial charge in [0, 0.05) is 0 Å². The molecule has 1 fully saturated rings. The highest BCUT2D eigenvalue weighted by molar-refractivity contribution is 6.48. The summed E-state index contributed by atoms with van der Waals surface area (Å²) in [5.74, 6) is -0.945. The lowest BCUT2D eigenvalue weighted by molar-refractivity contribution is -0.125. The normalized spacial score (nSPS) is 17.8. The Kier molecular flexibility index (Phi) is 9.53. The third-order valence-electron chi connectivity index (χ3n) is 6.76. The summed E-state index contributed by atoms with van der Waals surface area (Å²) in [7, 11) is -0.662. The summed E-state index contributed by atoms with van der Waals surface area (Å²) in [5.41, 5.74) is 1.02. The van der Waals surface area contributed by atoms with Crippen molar-refractivity contribution in [2.24, 2.45) is 0 Å². The molecule has 3 rings (SSSR count). The van der Waals surface area contributed by atoms with Crippen LogP contribution in [0.5, 0.6) is 0 Å². The minimum absolute atomic E-state index is 0.104. The van der Waals surface area contributed by atoms with E-state index >= 15 is 0 Å². The maximum Gasteiger partial charge on any atom is 0.481 e. The van der Waals surface area contributed by atoms with Crippen molar-refractivity contribution in [1.82, 2.24) is 10.6 Å². The molecule has 0 aliphatic carbocycles. The van der Waals surface area contributed by atoms with Crippen LogP contribution in [0.25, 0.3) is 0 Å². The molecule has 0 radical (unpaired) electrons. The molecule has 1 heterocycles. The quantitative estimate of drug-likeness (QED) is 0.384. The lowest BCUT2D eigenvalue weighted by atomic mass is 9.75. The minimum Gasteiger partial charge on any atom is -0.465 e. The first kappa shape index (κ1) is 27.7. The predicted molar refractivity (Wildman–Crippen MR) is 138 cm³/mol. The van der Waals surface area contributed by atoms with Crippen LogP contribution in [0.2, 0.25) is 0 Å². The maximum atomic E-state index is 13.2. The summed E-state index contributed by atoms with van der Waals surface area (Å²) in [5, 5.41) is 14.6. The van der Waals surface area contributed by atoms with Crippen LogP contribution in [-0.2, 0) is 31.9 Å².